The summed E-state index contributed by atoms with van der Waals surface area (Å²) in [6.07, 6.45) is 0. The summed E-state index contributed by atoms with van der Waals surface area (Å²) in [6, 6.07) is 12.0. The number of amides is 1. The van der Waals surface area contributed by atoms with Crippen LogP contribution < -0.4 is 0 Å². The van der Waals surface area contributed by atoms with Crippen molar-refractivity contribution in [1.29, 1.82) is 0 Å². The summed E-state index contributed by atoms with van der Waals surface area (Å²) in [5.74, 6) is -1.65. The Hall–Kier alpha value is -3.12. The van der Waals surface area contributed by atoms with Crippen LogP contribution in [0, 0.1) is 5.82 Å². The number of hydrogen-bond acceptors (Lipinski definition) is 7. The van der Waals surface area contributed by atoms with E-state index in [1.54, 1.807) is 15.6 Å². The fraction of sp³-hybridized carbons (Fsp3) is 0.385. The third kappa shape index (κ3) is 4.46. The first-order chi connectivity index (χ1) is 17.9. The number of sulfone groups is 1. The first-order valence-electron chi connectivity index (χ1n) is 12.3. The fourth-order valence-corrected chi connectivity index (χ4v) is 6.83. The van der Waals surface area contributed by atoms with E-state index < -0.39 is 21.4 Å². The number of carbonyl (C=O) groups is 1. The number of halogens is 1. The second kappa shape index (κ2) is 9.64. The maximum atomic E-state index is 14.8. The highest BCUT2D eigenvalue weighted by Crippen LogP contribution is 2.42. The Kier molecular flexibility index (Phi) is 6.31. The summed E-state index contributed by atoms with van der Waals surface area (Å²) in [5, 5.41) is 4.65. The first kappa shape index (κ1) is 24.2. The van der Waals surface area contributed by atoms with Crippen molar-refractivity contribution in [1.82, 2.24) is 19.6 Å². The van der Waals surface area contributed by atoms with E-state index in [1.807, 2.05) is 24.3 Å². The smallest absolute Gasteiger partial charge is 0.274 e. The van der Waals surface area contributed by atoms with Gasteiger partial charge in [-0.25, -0.2) is 17.5 Å². The molecule has 2 fully saturated rings. The molecule has 194 valence electrons. The second-order valence-electron chi connectivity index (χ2n) is 9.42. The van der Waals surface area contributed by atoms with Crippen molar-refractivity contribution in [2.75, 3.05) is 52.6 Å². The average molecular weight is 527 g/mol. The Bertz CT molecular complexity index is 1440. The Balaban J connectivity index is 1.45. The van der Waals surface area contributed by atoms with Crippen LogP contribution in [0.5, 0.6) is 0 Å². The van der Waals surface area contributed by atoms with E-state index in [0.29, 0.717) is 43.2 Å². The zero-order chi connectivity index (χ0) is 25.6. The number of nitrogens with zero attached hydrogens (tertiary/aromatic N) is 4. The van der Waals surface area contributed by atoms with Gasteiger partial charge in [0.1, 0.15) is 10.7 Å². The number of morpholine rings is 2. The maximum Gasteiger partial charge on any atom is 0.274 e. The molecule has 1 amide bonds. The largest absolute Gasteiger partial charge is 0.379 e. The zero-order valence-electron chi connectivity index (χ0n) is 20.2. The van der Waals surface area contributed by atoms with Gasteiger partial charge in [-0.2, -0.15) is 5.10 Å². The van der Waals surface area contributed by atoms with E-state index in [2.05, 4.69) is 10.00 Å². The molecule has 3 aliphatic heterocycles. The number of benzene rings is 2. The van der Waals surface area contributed by atoms with Gasteiger partial charge in [-0.3, -0.25) is 9.69 Å². The van der Waals surface area contributed by atoms with Gasteiger partial charge in [0.25, 0.3) is 5.91 Å². The van der Waals surface area contributed by atoms with Crippen molar-refractivity contribution < 1.29 is 27.1 Å². The van der Waals surface area contributed by atoms with Crippen LogP contribution in [-0.4, -0.2) is 86.5 Å². The van der Waals surface area contributed by atoms with Crippen LogP contribution in [0.15, 0.2) is 47.4 Å². The van der Waals surface area contributed by atoms with Crippen LogP contribution in [0.3, 0.4) is 0 Å². The van der Waals surface area contributed by atoms with Gasteiger partial charge in [0.2, 0.25) is 0 Å². The Morgan fingerprint density at radius 1 is 0.946 bits per heavy atom. The molecule has 0 saturated carbocycles. The van der Waals surface area contributed by atoms with Crippen molar-refractivity contribution in [2.24, 2.45) is 0 Å². The van der Waals surface area contributed by atoms with Crippen LogP contribution in [0.2, 0.25) is 0 Å². The third-order valence-corrected chi connectivity index (χ3v) is 8.75. The van der Waals surface area contributed by atoms with Gasteiger partial charge in [-0.15, -0.1) is 0 Å². The van der Waals surface area contributed by atoms with E-state index in [-0.39, 0.29) is 22.1 Å². The number of rotatable bonds is 4. The van der Waals surface area contributed by atoms with Gasteiger partial charge in [-0.05, 0) is 23.8 Å². The van der Waals surface area contributed by atoms with Crippen molar-refractivity contribution in [3.8, 4) is 16.9 Å². The summed E-state index contributed by atoms with van der Waals surface area (Å²) in [6.45, 7) is 5.58. The average Bonchev–Trinajstić information content (AvgIpc) is 3.28. The van der Waals surface area contributed by atoms with Gasteiger partial charge < -0.3 is 14.4 Å². The lowest BCUT2D eigenvalue weighted by molar-refractivity contribution is 0.0298. The monoisotopic (exact) mass is 526 g/mol. The second-order valence-corrected chi connectivity index (χ2v) is 11.3. The standard InChI is InChI=1S/C26H27FN4O5S/c27-22-3-1-2-20-24-21(17-37(33,34)25(20)22)23(26(32)30-10-14-36-15-11-30)28-31(24)19-6-4-18(5-7-19)16-29-8-12-35-13-9-29/h1-7H,8-17H2. The SMILES string of the molecule is O=C(c1nn(-c2ccc(CN3CCOCC3)cc2)c2c1CS(=O)(=O)c1c(F)cccc1-2)N1CCOCC1. The quantitative estimate of drug-likeness (QED) is 0.515. The molecule has 37 heavy (non-hydrogen) atoms. The number of aromatic nitrogens is 2. The fourth-order valence-electron chi connectivity index (χ4n) is 5.17. The van der Waals surface area contributed by atoms with Crippen molar-refractivity contribution in [2.45, 2.75) is 17.2 Å². The molecule has 0 bridgehead atoms. The van der Waals surface area contributed by atoms with E-state index in [1.165, 1.54) is 6.07 Å². The molecule has 0 aliphatic carbocycles. The zero-order valence-corrected chi connectivity index (χ0v) is 21.0. The molecular formula is C26H27FN4O5S. The number of fused-ring (bicyclic) bond motifs is 3. The maximum absolute atomic E-state index is 14.8. The first-order valence-corrected chi connectivity index (χ1v) is 14.0. The van der Waals surface area contributed by atoms with Gasteiger partial charge in [0.15, 0.2) is 15.5 Å². The van der Waals surface area contributed by atoms with Crippen LogP contribution in [0.4, 0.5) is 4.39 Å². The van der Waals surface area contributed by atoms with E-state index in [0.717, 1.165) is 44.5 Å². The minimum atomic E-state index is -4.00. The molecule has 0 spiro atoms. The molecular weight excluding hydrogens is 499 g/mol. The molecule has 0 N–H and O–H groups in total. The van der Waals surface area contributed by atoms with Crippen LogP contribution in [-0.2, 0) is 31.6 Å². The van der Waals surface area contributed by atoms with Gasteiger partial charge in [0.05, 0.1) is 43.6 Å². The van der Waals surface area contributed by atoms with Crippen LogP contribution in [0.25, 0.3) is 16.9 Å². The Morgan fingerprint density at radius 3 is 2.32 bits per heavy atom. The third-order valence-electron chi connectivity index (χ3n) is 7.04. The predicted octanol–water partition coefficient (Wildman–Crippen LogP) is 2.27. The minimum absolute atomic E-state index is 0.0766. The lowest BCUT2D eigenvalue weighted by atomic mass is 10.0. The molecule has 11 heteroatoms. The Morgan fingerprint density at radius 2 is 1.62 bits per heavy atom. The topological polar surface area (TPSA) is 94.0 Å². The van der Waals surface area contributed by atoms with Crippen LogP contribution >= 0.6 is 0 Å². The molecule has 0 radical (unpaired) electrons. The summed E-state index contributed by atoms with van der Waals surface area (Å²) in [4.78, 5) is 17.1. The molecule has 2 saturated heterocycles. The highest BCUT2D eigenvalue weighted by atomic mass is 32.2. The molecule has 0 atom stereocenters. The molecule has 2 aromatic carbocycles. The summed E-state index contributed by atoms with van der Waals surface area (Å²) in [5.41, 5.74) is 2.80. The summed E-state index contributed by atoms with van der Waals surface area (Å²) in [7, 11) is -4.00. The molecule has 6 rings (SSSR count). The van der Waals surface area contributed by atoms with E-state index >= 15 is 0 Å². The lowest BCUT2D eigenvalue weighted by Crippen LogP contribution is -2.41. The van der Waals surface area contributed by atoms with E-state index in [4.69, 9.17) is 9.47 Å². The summed E-state index contributed by atoms with van der Waals surface area (Å²) >= 11 is 0. The van der Waals surface area contributed by atoms with Gasteiger partial charge in [-0.1, -0.05) is 24.3 Å². The van der Waals surface area contributed by atoms with Crippen LogP contribution in [0.1, 0.15) is 21.6 Å². The number of hydrogen-bond donors (Lipinski definition) is 0. The molecule has 4 heterocycles. The molecule has 3 aromatic rings. The van der Waals surface area contributed by atoms with Crippen molar-refractivity contribution in [3.63, 3.8) is 0 Å². The van der Waals surface area contributed by atoms with Gasteiger partial charge >= 0.3 is 0 Å². The predicted molar refractivity (Wildman–Crippen MR) is 133 cm³/mol. The summed E-state index contributed by atoms with van der Waals surface area (Å²) < 4.78 is 53.5. The minimum Gasteiger partial charge on any atom is -0.379 e. The van der Waals surface area contributed by atoms with Crippen molar-refractivity contribution in [3.05, 3.63) is 65.1 Å². The molecule has 1 aromatic heterocycles. The molecule has 3 aliphatic rings. The van der Waals surface area contributed by atoms with Gasteiger partial charge in [0, 0.05) is 43.9 Å². The molecule has 0 unspecified atom stereocenters. The highest BCUT2D eigenvalue weighted by Gasteiger charge is 2.39. The number of carbonyl (C=O) groups excluding carboxylic acids is 1. The highest BCUT2D eigenvalue weighted by molar-refractivity contribution is 7.91. The lowest BCUT2D eigenvalue weighted by Gasteiger charge is -2.26. The number of ether oxygens (including phenoxy) is 2. The Labute approximate surface area is 214 Å². The van der Waals surface area contributed by atoms with E-state index in [9.17, 15) is 17.6 Å². The molecule has 9 nitrogen and oxygen atoms in total. The normalized spacial score (nSPS) is 19.3. The van der Waals surface area contributed by atoms with Crippen molar-refractivity contribution >= 4 is 15.7 Å².